The van der Waals surface area contributed by atoms with Crippen LogP contribution in [0.3, 0.4) is 0 Å². The second-order valence-electron chi connectivity index (χ2n) is 11.2. The zero-order valence-electron chi connectivity index (χ0n) is 24.6. The summed E-state index contributed by atoms with van der Waals surface area (Å²) < 4.78 is 0. The SMILES string of the molecule is [C-]#[N+]c1cc(-c2ccc(-c3cc4c5ccccc5c(-c5ccc(-c6ccnc(C#N)c6)cc5)cc4c4ccccc34)cc2)ccn1. The molecule has 0 spiro atoms. The lowest BCUT2D eigenvalue weighted by molar-refractivity contribution is 1.26. The molecule has 0 saturated heterocycles. The molecular formula is C42H24N4. The normalized spacial score (nSPS) is 11.0. The third-order valence-electron chi connectivity index (χ3n) is 8.68. The molecule has 4 heteroatoms. The molecule has 8 aromatic rings. The average molecular weight is 585 g/mol. The highest BCUT2D eigenvalue weighted by Crippen LogP contribution is 2.42. The van der Waals surface area contributed by atoms with Gasteiger partial charge in [-0.2, -0.15) is 5.26 Å². The van der Waals surface area contributed by atoms with Gasteiger partial charge in [0.05, 0.1) is 0 Å². The van der Waals surface area contributed by atoms with Crippen molar-refractivity contribution in [3.63, 3.8) is 0 Å². The summed E-state index contributed by atoms with van der Waals surface area (Å²) in [6.07, 6.45) is 3.37. The van der Waals surface area contributed by atoms with Crippen molar-refractivity contribution in [2.24, 2.45) is 0 Å². The first-order valence-corrected chi connectivity index (χ1v) is 15.0. The lowest BCUT2D eigenvalue weighted by Gasteiger charge is -2.16. The van der Waals surface area contributed by atoms with Crippen LogP contribution in [0.15, 0.2) is 146 Å². The van der Waals surface area contributed by atoms with Gasteiger partial charge in [-0.25, -0.2) is 4.98 Å². The molecule has 212 valence electrons. The van der Waals surface area contributed by atoms with Gasteiger partial charge in [0.15, 0.2) is 0 Å². The number of nitriles is 1. The van der Waals surface area contributed by atoms with Crippen LogP contribution in [0, 0.1) is 17.9 Å². The van der Waals surface area contributed by atoms with Gasteiger partial charge in [-0.15, -0.1) is 4.98 Å². The Morgan fingerprint density at radius 2 is 0.913 bits per heavy atom. The van der Waals surface area contributed by atoms with Gasteiger partial charge >= 0.3 is 0 Å². The van der Waals surface area contributed by atoms with Crippen LogP contribution in [0.25, 0.3) is 81.7 Å². The molecule has 8 rings (SSSR count). The van der Waals surface area contributed by atoms with Gasteiger partial charge in [0.25, 0.3) is 5.82 Å². The number of benzene rings is 6. The first kappa shape index (κ1) is 27.0. The van der Waals surface area contributed by atoms with E-state index < -0.39 is 0 Å². The molecule has 0 radical (unpaired) electrons. The van der Waals surface area contributed by atoms with Crippen LogP contribution in [0.4, 0.5) is 5.82 Å². The zero-order chi connectivity index (χ0) is 31.0. The summed E-state index contributed by atoms with van der Waals surface area (Å²) in [5, 5.41) is 16.5. The second-order valence-corrected chi connectivity index (χ2v) is 11.2. The number of pyridine rings is 2. The largest absolute Gasteiger partial charge is 0.361 e. The number of hydrogen-bond acceptors (Lipinski definition) is 3. The maximum absolute atomic E-state index is 9.29. The molecule has 2 aromatic heterocycles. The molecule has 0 N–H and O–H groups in total. The van der Waals surface area contributed by atoms with Gasteiger partial charge < -0.3 is 4.85 Å². The molecule has 0 aliphatic rings. The number of hydrogen-bond donors (Lipinski definition) is 0. The maximum Gasteiger partial charge on any atom is 0.270 e. The van der Waals surface area contributed by atoms with E-state index in [-0.39, 0.29) is 0 Å². The number of rotatable bonds is 4. The molecule has 2 heterocycles. The van der Waals surface area contributed by atoms with Crippen LogP contribution < -0.4 is 0 Å². The Morgan fingerprint density at radius 3 is 1.41 bits per heavy atom. The van der Waals surface area contributed by atoms with Crippen molar-refractivity contribution in [3.05, 3.63) is 163 Å². The van der Waals surface area contributed by atoms with E-state index in [0.29, 0.717) is 11.5 Å². The third kappa shape index (κ3) is 4.63. The highest BCUT2D eigenvalue weighted by Gasteiger charge is 2.15. The summed E-state index contributed by atoms with van der Waals surface area (Å²) in [5.41, 5.74) is 9.10. The first-order valence-electron chi connectivity index (χ1n) is 15.0. The van der Waals surface area contributed by atoms with E-state index in [1.165, 1.54) is 43.4 Å². The Balaban J connectivity index is 1.28. The third-order valence-corrected chi connectivity index (χ3v) is 8.68. The lowest BCUT2D eigenvalue weighted by Crippen LogP contribution is -1.89. The van der Waals surface area contributed by atoms with Gasteiger partial charge in [0.1, 0.15) is 18.0 Å². The summed E-state index contributed by atoms with van der Waals surface area (Å²) in [5.74, 6) is 0.396. The molecule has 0 bridgehead atoms. The highest BCUT2D eigenvalue weighted by atomic mass is 14.8. The van der Waals surface area contributed by atoms with Gasteiger partial charge in [0.2, 0.25) is 0 Å². The fraction of sp³-hybridized carbons (Fsp3) is 0. The quantitative estimate of drug-likeness (QED) is 0.153. The zero-order valence-corrected chi connectivity index (χ0v) is 24.6. The summed E-state index contributed by atoms with van der Waals surface area (Å²) >= 11 is 0. The monoisotopic (exact) mass is 584 g/mol. The van der Waals surface area contributed by atoms with E-state index in [9.17, 15) is 5.26 Å². The standard InChI is InChI=1S/C42H24N4/c1-44-42-23-32(19-21-46-42)28-12-16-30(17-13-28)39-25-41-36-8-4-2-6-34(36)38(24-40(41)37-9-5-3-7-35(37)39)29-14-10-27(11-15-29)31-18-20-45-33(22-31)26-43/h2-25H. The Kier molecular flexibility index (Phi) is 6.53. The smallest absolute Gasteiger partial charge is 0.270 e. The average Bonchev–Trinajstić information content (AvgIpc) is 3.14. The molecule has 46 heavy (non-hydrogen) atoms. The Labute approximate surface area is 266 Å². The summed E-state index contributed by atoms with van der Waals surface area (Å²) in [6.45, 7) is 7.32. The molecule has 0 amide bonds. The fourth-order valence-electron chi connectivity index (χ4n) is 6.44. The van der Waals surface area contributed by atoms with Crippen molar-refractivity contribution in [2.75, 3.05) is 0 Å². The van der Waals surface area contributed by atoms with Crippen molar-refractivity contribution < 1.29 is 0 Å². The van der Waals surface area contributed by atoms with Crippen LogP contribution in [0.2, 0.25) is 0 Å². The fourth-order valence-corrected chi connectivity index (χ4v) is 6.44. The van der Waals surface area contributed by atoms with Gasteiger partial charge in [-0.3, -0.25) is 0 Å². The molecule has 0 saturated carbocycles. The molecule has 0 aliphatic carbocycles. The maximum atomic E-state index is 9.29. The Hall–Kier alpha value is -6.62. The minimum Gasteiger partial charge on any atom is -0.361 e. The molecular weight excluding hydrogens is 560 g/mol. The first-order chi connectivity index (χ1) is 22.7. The molecule has 0 atom stereocenters. The predicted octanol–water partition coefficient (Wildman–Crippen LogP) is 11.0. The minimum absolute atomic E-state index is 0.396. The molecule has 0 aliphatic heterocycles. The van der Waals surface area contributed by atoms with Crippen LogP contribution in [-0.2, 0) is 0 Å². The van der Waals surface area contributed by atoms with Crippen molar-refractivity contribution in [1.29, 1.82) is 5.26 Å². The van der Waals surface area contributed by atoms with Gasteiger partial charge in [-0.1, -0.05) is 104 Å². The van der Waals surface area contributed by atoms with Crippen LogP contribution in [0.1, 0.15) is 5.69 Å². The molecule has 6 aromatic carbocycles. The summed E-state index contributed by atoms with van der Waals surface area (Å²) in [4.78, 5) is 11.7. The second kappa shape index (κ2) is 11.1. The number of aromatic nitrogens is 2. The summed E-state index contributed by atoms with van der Waals surface area (Å²) in [7, 11) is 0. The van der Waals surface area contributed by atoms with E-state index in [1.54, 1.807) is 12.4 Å². The lowest BCUT2D eigenvalue weighted by atomic mass is 9.87. The van der Waals surface area contributed by atoms with E-state index in [4.69, 9.17) is 6.57 Å². The Bertz CT molecular complexity index is 2350. The van der Waals surface area contributed by atoms with Crippen molar-refractivity contribution in [3.8, 4) is 50.6 Å². The van der Waals surface area contributed by atoms with Crippen LogP contribution >= 0.6 is 0 Å². The van der Waals surface area contributed by atoms with Crippen molar-refractivity contribution in [2.45, 2.75) is 0 Å². The van der Waals surface area contributed by atoms with Crippen LogP contribution in [0.5, 0.6) is 0 Å². The van der Waals surface area contributed by atoms with Crippen molar-refractivity contribution in [1.82, 2.24) is 9.97 Å². The van der Waals surface area contributed by atoms with E-state index in [2.05, 4.69) is 130 Å². The van der Waals surface area contributed by atoms with Gasteiger partial charge in [-0.05, 0) is 113 Å². The highest BCUT2D eigenvalue weighted by molar-refractivity contribution is 6.23. The summed E-state index contributed by atoms with van der Waals surface area (Å²) in [6, 6.07) is 48.7. The van der Waals surface area contributed by atoms with E-state index >= 15 is 0 Å². The number of fused-ring (bicyclic) bond motifs is 5. The predicted molar refractivity (Wildman–Crippen MR) is 187 cm³/mol. The minimum atomic E-state index is 0.396. The van der Waals surface area contributed by atoms with Gasteiger partial charge in [0, 0.05) is 6.20 Å². The Morgan fingerprint density at radius 1 is 0.457 bits per heavy atom. The van der Waals surface area contributed by atoms with E-state index in [1.807, 2.05) is 24.3 Å². The molecule has 0 unspecified atom stereocenters. The molecule has 0 fully saturated rings. The van der Waals surface area contributed by atoms with Crippen LogP contribution in [-0.4, -0.2) is 9.97 Å². The topological polar surface area (TPSA) is 53.9 Å². The van der Waals surface area contributed by atoms with Crippen molar-refractivity contribution >= 4 is 38.1 Å². The van der Waals surface area contributed by atoms with E-state index in [0.717, 1.165) is 33.4 Å². The number of nitrogens with zero attached hydrogens (tertiary/aromatic N) is 4. The molecule has 4 nitrogen and oxygen atoms in total.